The Morgan fingerprint density at radius 2 is 2.28 bits per heavy atom. The van der Waals surface area contributed by atoms with E-state index in [1.54, 1.807) is 4.90 Å². The van der Waals surface area contributed by atoms with Crippen LogP contribution in [0, 0.1) is 0 Å². The fourth-order valence-corrected chi connectivity index (χ4v) is 2.18. The monoisotopic (exact) mass is 255 g/mol. The van der Waals surface area contributed by atoms with Gasteiger partial charge in [0.2, 0.25) is 11.8 Å². The SMILES string of the molecule is CCCCC(CN)NC(=O)CN1CCCCC1=O. The number of amides is 2. The van der Waals surface area contributed by atoms with E-state index >= 15 is 0 Å². The molecule has 104 valence electrons. The van der Waals surface area contributed by atoms with Crippen LogP contribution < -0.4 is 11.1 Å². The maximum Gasteiger partial charge on any atom is 0.239 e. The van der Waals surface area contributed by atoms with E-state index in [9.17, 15) is 9.59 Å². The number of carbonyl (C=O) groups excluding carboxylic acids is 2. The minimum atomic E-state index is -0.0863. The molecule has 2 amide bonds. The number of rotatable bonds is 7. The highest BCUT2D eigenvalue weighted by molar-refractivity contribution is 5.85. The molecule has 1 saturated heterocycles. The number of hydrogen-bond acceptors (Lipinski definition) is 3. The van der Waals surface area contributed by atoms with Crippen molar-refractivity contribution in [3.8, 4) is 0 Å². The molecule has 1 aliphatic heterocycles. The smallest absolute Gasteiger partial charge is 0.239 e. The predicted molar refractivity (Wildman–Crippen MR) is 70.9 cm³/mol. The Balaban J connectivity index is 2.32. The summed E-state index contributed by atoms with van der Waals surface area (Å²) in [6.45, 7) is 3.46. The highest BCUT2D eigenvalue weighted by atomic mass is 16.2. The zero-order valence-electron chi connectivity index (χ0n) is 11.3. The molecule has 0 bridgehead atoms. The summed E-state index contributed by atoms with van der Waals surface area (Å²) in [4.78, 5) is 25.1. The van der Waals surface area contributed by atoms with Crippen LogP contribution in [0.25, 0.3) is 0 Å². The first-order valence-electron chi connectivity index (χ1n) is 6.94. The first kappa shape index (κ1) is 15.0. The van der Waals surface area contributed by atoms with Crippen molar-refractivity contribution < 1.29 is 9.59 Å². The molecule has 0 spiro atoms. The zero-order valence-corrected chi connectivity index (χ0v) is 11.3. The Labute approximate surface area is 109 Å². The van der Waals surface area contributed by atoms with Gasteiger partial charge in [0.25, 0.3) is 0 Å². The van der Waals surface area contributed by atoms with Crippen LogP contribution in [0.1, 0.15) is 45.4 Å². The molecule has 0 aliphatic carbocycles. The molecule has 1 fully saturated rings. The molecule has 0 aromatic rings. The second-order valence-electron chi connectivity index (χ2n) is 4.91. The summed E-state index contributed by atoms with van der Waals surface area (Å²) in [6, 6.07) is 0.0392. The van der Waals surface area contributed by atoms with Crippen molar-refractivity contribution in [2.45, 2.75) is 51.5 Å². The fourth-order valence-electron chi connectivity index (χ4n) is 2.18. The number of nitrogens with one attached hydrogen (secondary N) is 1. The average molecular weight is 255 g/mol. The molecule has 1 atom stereocenters. The summed E-state index contributed by atoms with van der Waals surface area (Å²) in [7, 11) is 0. The van der Waals surface area contributed by atoms with Gasteiger partial charge in [-0.2, -0.15) is 0 Å². The number of unbranched alkanes of at least 4 members (excludes halogenated alkanes) is 1. The molecule has 0 aromatic heterocycles. The third-order valence-corrected chi connectivity index (χ3v) is 3.31. The van der Waals surface area contributed by atoms with Gasteiger partial charge in [0.1, 0.15) is 0 Å². The minimum Gasteiger partial charge on any atom is -0.351 e. The Morgan fingerprint density at radius 3 is 2.89 bits per heavy atom. The Morgan fingerprint density at radius 1 is 1.50 bits per heavy atom. The van der Waals surface area contributed by atoms with E-state index < -0.39 is 0 Å². The lowest BCUT2D eigenvalue weighted by Crippen LogP contribution is -2.47. The van der Waals surface area contributed by atoms with Gasteiger partial charge < -0.3 is 16.0 Å². The molecule has 1 unspecified atom stereocenters. The number of nitrogens with zero attached hydrogens (tertiary/aromatic N) is 1. The molecule has 0 saturated carbocycles. The summed E-state index contributed by atoms with van der Waals surface area (Å²) in [5, 5.41) is 2.91. The molecule has 1 aliphatic rings. The summed E-state index contributed by atoms with van der Waals surface area (Å²) >= 11 is 0. The summed E-state index contributed by atoms with van der Waals surface area (Å²) in [5.41, 5.74) is 5.63. The highest BCUT2D eigenvalue weighted by Crippen LogP contribution is 2.09. The van der Waals surface area contributed by atoms with E-state index in [-0.39, 0.29) is 24.4 Å². The molecule has 3 N–H and O–H groups in total. The van der Waals surface area contributed by atoms with Gasteiger partial charge in [-0.15, -0.1) is 0 Å². The summed E-state index contributed by atoms with van der Waals surface area (Å²) in [5.74, 6) is 0.00561. The lowest BCUT2D eigenvalue weighted by Gasteiger charge is -2.27. The van der Waals surface area contributed by atoms with Gasteiger partial charge in [0.05, 0.1) is 6.54 Å². The zero-order chi connectivity index (χ0) is 13.4. The van der Waals surface area contributed by atoms with Crippen LogP contribution in [-0.2, 0) is 9.59 Å². The van der Waals surface area contributed by atoms with Gasteiger partial charge >= 0.3 is 0 Å². The van der Waals surface area contributed by atoms with E-state index in [2.05, 4.69) is 12.2 Å². The summed E-state index contributed by atoms with van der Waals surface area (Å²) < 4.78 is 0. The minimum absolute atomic E-state index is 0.0392. The third kappa shape index (κ3) is 5.04. The van der Waals surface area contributed by atoms with Gasteiger partial charge in [-0.05, 0) is 19.3 Å². The van der Waals surface area contributed by atoms with E-state index in [1.807, 2.05) is 0 Å². The highest BCUT2D eigenvalue weighted by Gasteiger charge is 2.21. The largest absolute Gasteiger partial charge is 0.351 e. The van der Waals surface area contributed by atoms with Gasteiger partial charge in [-0.1, -0.05) is 19.8 Å². The van der Waals surface area contributed by atoms with Crippen molar-refractivity contribution in [1.82, 2.24) is 10.2 Å². The van der Waals surface area contributed by atoms with Crippen LogP contribution in [-0.4, -0.2) is 42.4 Å². The van der Waals surface area contributed by atoms with Gasteiger partial charge in [0, 0.05) is 25.6 Å². The molecule has 18 heavy (non-hydrogen) atoms. The quantitative estimate of drug-likeness (QED) is 0.700. The fraction of sp³-hybridized carbons (Fsp3) is 0.846. The molecule has 5 heteroatoms. The topological polar surface area (TPSA) is 75.4 Å². The second kappa shape index (κ2) is 8.08. The lowest BCUT2D eigenvalue weighted by molar-refractivity contribution is -0.138. The maximum absolute atomic E-state index is 11.8. The van der Waals surface area contributed by atoms with E-state index in [1.165, 1.54) is 0 Å². The number of hydrogen-bond donors (Lipinski definition) is 2. The maximum atomic E-state index is 11.8. The Bertz CT molecular complexity index is 281. The number of piperidine rings is 1. The Hall–Kier alpha value is -1.10. The van der Waals surface area contributed by atoms with Gasteiger partial charge in [0.15, 0.2) is 0 Å². The van der Waals surface area contributed by atoms with Crippen molar-refractivity contribution in [3.05, 3.63) is 0 Å². The van der Waals surface area contributed by atoms with E-state index in [0.717, 1.165) is 32.1 Å². The lowest BCUT2D eigenvalue weighted by atomic mass is 10.1. The molecule has 1 heterocycles. The molecule has 0 radical (unpaired) electrons. The van der Waals surface area contributed by atoms with Crippen molar-refractivity contribution in [1.29, 1.82) is 0 Å². The van der Waals surface area contributed by atoms with E-state index in [0.29, 0.717) is 19.5 Å². The molecule has 0 aromatic carbocycles. The van der Waals surface area contributed by atoms with Crippen LogP contribution in [0.2, 0.25) is 0 Å². The van der Waals surface area contributed by atoms with Crippen molar-refractivity contribution >= 4 is 11.8 Å². The van der Waals surface area contributed by atoms with Crippen molar-refractivity contribution in [3.63, 3.8) is 0 Å². The number of nitrogens with two attached hydrogens (primary N) is 1. The molecule has 5 nitrogen and oxygen atoms in total. The normalized spacial score (nSPS) is 17.7. The van der Waals surface area contributed by atoms with Gasteiger partial charge in [-0.25, -0.2) is 0 Å². The van der Waals surface area contributed by atoms with Crippen molar-refractivity contribution in [2.75, 3.05) is 19.6 Å². The standard InChI is InChI=1S/C13H25N3O2/c1-2-3-6-11(9-14)15-12(17)10-16-8-5-4-7-13(16)18/h11H,2-10,14H2,1H3,(H,15,17). The van der Waals surface area contributed by atoms with Crippen LogP contribution in [0.3, 0.4) is 0 Å². The summed E-state index contributed by atoms with van der Waals surface area (Å²) in [6.07, 6.45) is 5.58. The van der Waals surface area contributed by atoms with Crippen LogP contribution in [0.15, 0.2) is 0 Å². The van der Waals surface area contributed by atoms with Crippen LogP contribution in [0.4, 0.5) is 0 Å². The van der Waals surface area contributed by atoms with Crippen molar-refractivity contribution in [2.24, 2.45) is 5.73 Å². The average Bonchev–Trinajstić information content (AvgIpc) is 2.37. The first-order chi connectivity index (χ1) is 8.67. The molecular formula is C13H25N3O2. The first-order valence-corrected chi connectivity index (χ1v) is 6.94. The molecule has 1 rings (SSSR count). The van der Waals surface area contributed by atoms with Crippen LogP contribution in [0.5, 0.6) is 0 Å². The Kier molecular flexibility index (Phi) is 6.72. The third-order valence-electron chi connectivity index (χ3n) is 3.31. The second-order valence-corrected chi connectivity index (χ2v) is 4.91. The van der Waals surface area contributed by atoms with Crippen LogP contribution >= 0.6 is 0 Å². The number of likely N-dealkylation sites (tertiary alicyclic amines) is 1. The number of carbonyl (C=O) groups is 2. The molecular weight excluding hydrogens is 230 g/mol. The van der Waals surface area contributed by atoms with E-state index in [4.69, 9.17) is 5.73 Å². The van der Waals surface area contributed by atoms with Gasteiger partial charge in [-0.3, -0.25) is 9.59 Å². The predicted octanol–water partition coefficient (Wildman–Crippen LogP) is 0.633.